The van der Waals surface area contributed by atoms with E-state index in [-0.39, 0.29) is 35.1 Å². The van der Waals surface area contributed by atoms with Crippen LogP contribution < -0.4 is 34.7 Å². The maximum Gasteiger partial charge on any atom is 1.00 e. The van der Waals surface area contributed by atoms with Crippen molar-refractivity contribution in [1.82, 2.24) is 0 Å². The SMILES string of the molecule is CP(C)(=O)/C=C(\[O-])C(F)(F)c1ccccc1.[Na+]. The average Bonchev–Trinajstić information content (AvgIpc) is 2.16. The molecule has 1 aromatic rings. The molecule has 0 atom stereocenters. The van der Waals surface area contributed by atoms with Crippen molar-refractivity contribution in [2.75, 3.05) is 13.3 Å². The predicted octanol–water partition coefficient (Wildman–Crippen LogP) is -0.393. The minimum atomic E-state index is -3.61. The summed E-state index contributed by atoms with van der Waals surface area (Å²) >= 11 is 0. The van der Waals surface area contributed by atoms with Crippen LogP contribution in [0.1, 0.15) is 5.56 Å². The summed E-state index contributed by atoms with van der Waals surface area (Å²) in [6, 6.07) is 6.77. The summed E-state index contributed by atoms with van der Waals surface area (Å²) in [6.07, 6.45) is 0. The first kappa shape index (κ1) is 16.9. The van der Waals surface area contributed by atoms with Gasteiger partial charge in [-0.3, -0.25) is 0 Å². The van der Waals surface area contributed by atoms with E-state index in [1.165, 1.54) is 37.6 Å². The Morgan fingerprint density at radius 3 is 2.18 bits per heavy atom. The molecular weight excluding hydrogens is 256 g/mol. The van der Waals surface area contributed by atoms with Crippen LogP contribution >= 0.6 is 7.14 Å². The average molecular weight is 268 g/mol. The zero-order valence-electron chi connectivity index (χ0n) is 9.98. The predicted molar refractivity (Wildman–Crippen MR) is 57.9 cm³/mol. The molecule has 0 bridgehead atoms. The molecule has 0 unspecified atom stereocenters. The molecule has 0 aliphatic carbocycles. The van der Waals surface area contributed by atoms with Crippen molar-refractivity contribution in [2.45, 2.75) is 5.92 Å². The van der Waals surface area contributed by atoms with Gasteiger partial charge in [0.15, 0.2) is 0 Å². The fourth-order valence-corrected chi connectivity index (χ4v) is 1.88. The molecular formula is C11H12F2NaO2P. The third-order valence-corrected chi connectivity index (χ3v) is 2.73. The van der Waals surface area contributed by atoms with Gasteiger partial charge in [0.05, 0.1) is 0 Å². The molecule has 17 heavy (non-hydrogen) atoms. The normalized spacial score (nSPS) is 13.1. The summed E-state index contributed by atoms with van der Waals surface area (Å²) in [7, 11) is -2.89. The Morgan fingerprint density at radius 2 is 1.76 bits per heavy atom. The largest absolute Gasteiger partial charge is 1.00 e. The topological polar surface area (TPSA) is 40.1 Å². The van der Waals surface area contributed by atoms with E-state index < -0.39 is 18.8 Å². The molecule has 88 valence electrons. The third kappa shape index (κ3) is 4.92. The Kier molecular flexibility index (Phi) is 6.09. The van der Waals surface area contributed by atoms with Crippen LogP contribution in [-0.4, -0.2) is 13.3 Å². The number of halogens is 2. The van der Waals surface area contributed by atoms with Gasteiger partial charge in [0, 0.05) is 5.56 Å². The summed E-state index contributed by atoms with van der Waals surface area (Å²) in [4.78, 5) is 0. The molecule has 0 saturated carbocycles. The van der Waals surface area contributed by atoms with Crippen molar-refractivity contribution in [3.8, 4) is 0 Å². The standard InChI is InChI=1S/C11H13F2O2P.Na/c1-16(2,15)8-10(14)11(12,13)9-6-4-3-5-7-9;/h3-8,14H,1-2H3;/q;+1/p-1/b10-8-;. The molecule has 0 aromatic heterocycles. The Labute approximate surface area is 121 Å². The van der Waals surface area contributed by atoms with Crippen LogP contribution in [0.3, 0.4) is 0 Å². The molecule has 0 aliphatic heterocycles. The molecule has 6 heteroatoms. The van der Waals surface area contributed by atoms with Crippen molar-refractivity contribution in [3.63, 3.8) is 0 Å². The number of benzene rings is 1. The summed E-state index contributed by atoms with van der Waals surface area (Å²) in [5.41, 5.74) is -0.385. The summed E-state index contributed by atoms with van der Waals surface area (Å²) < 4.78 is 38.4. The second-order valence-electron chi connectivity index (χ2n) is 3.87. The van der Waals surface area contributed by atoms with Gasteiger partial charge < -0.3 is 9.67 Å². The Hall–Kier alpha value is -0.150. The molecule has 2 nitrogen and oxygen atoms in total. The second kappa shape index (κ2) is 6.14. The number of hydrogen-bond donors (Lipinski definition) is 0. The molecule has 0 heterocycles. The van der Waals surface area contributed by atoms with Gasteiger partial charge in [0.2, 0.25) is 0 Å². The first-order valence-electron chi connectivity index (χ1n) is 4.62. The van der Waals surface area contributed by atoms with E-state index in [0.29, 0.717) is 5.82 Å². The number of rotatable bonds is 3. The summed E-state index contributed by atoms with van der Waals surface area (Å²) in [5.74, 6) is -4.39. The number of hydrogen-bond acceptors (Lipinski definition) is 2. The first-order chi connectivity index (χ1) is 7.23. The van der Waals surface area contributed by atoms with Crippen molar-refractivity contribution in [2.24, 2.45) is 0 Å². The zero-order chi connectivity index (χ0) is 12.4. The van der Waals surface area contributed by atoms with Crippen LogP contribution in [0.5, 0.6) is 0 Å². The van der Waals surface area contributed by atoms with E-state index in [0.717, 1.165) is 0 Å². The zero-order valence-corrected chi connectivity index (χ0v) is 12.9. The van der Waals surface area contributed by atoms with Crippen LogP contribution in [0.15, 0.2) is 41.9 Å². The molecule has 1 rings (SSSR count). The van der Waals surface area contributed by atoms with Crippen molar-refractivity contribution >= 4 is 7.14 Å². The van der Waals surface area contributed by atoms with Crippen LogP contribution in [-0.2, 0) is 10.5 Å². The third-order valence-electron chi connectivity index (χ3n) is 1.87. The maximum absolute atomic E-state index is 13.6. The van der Waals surface area contributed by atoms with Crippen LogP contribution in [0.2, 0.25) is 0 Å². The van der Waals surface area contributed by atoms with E-state index in [9.17, 15) is 18.5 Å². The molecule has 0 radical (unpaired) electrons. The Bertz CT molecular complexity index is 440. The van der Waals surface area contributed by atoms with E-state index in [2.05, 4.69) is 0 Å². The maximum atomic E-state index is 13.6. The number of allylic oxidation sites excluding steroid dienone is 1. The van der Waals surface area contributed by atoms with Gasteiger partial charge in [-0.1, -0.05) is 36.1 Å². The van der Waals surface area contributed by atoms with Gasteiger partial charge in [-0.25, -0.2) is 0 Å². The van der Waals surface area contributed by atoms with Crippen LogP contribution in [0.25, 0.3) is 0 Å². The Morgan fingerprint density at radius 1 is 1.29 bits per heavy atom. The fraction of sp³-hybridized carbons (Fsp3) is 0.273. The van der Waals surface area contributed by atoms with Crippen LogP contribution in [0, 0.1) is 0 Å². The fourth-order valence-electron chi connectivity index (χ4n) is 1.15. The van der Waals surface area contributed by atoms with Crippen LogP contribution in [0.4, 0.5) is 8.78 Å². The van der Waals surface area contributed by atoms with Crippen molar-refractivity contribution < 1.29 is 48.0 Å². The molecule has 0 spiro atoms. The van der Waals surface area contributed by atoms with Gasteiger partial charge in [-0.15, -0.1) is 0 Å². The molecule has 0 aliphatic rings. The van der Waals surface area contributed by atoms with Gasteiger partial charge in [0.25, 0.3) is 5.92 Å². The minimum Gasteiger partial charge on any atom is -0.871 e. The van der Waals surface area contributed by atoms with Crippen molar-refractivity contribution in [3.05, 3.63) is 47.5 Å². The van der Waals surface area contributed by atoms with Crippen molar-refractivity contribution in [1.29, 1.82) is 0 Å². The smallest absolute Gasteiger partial charge is 0.871 e. The van der Waals surface area contributed by atoms with E-state index >= 15 is 0 Å². The second-order valence-corrected chi connectivity index (χ2v) is 6.99. The van der Waals surface area contributed by atoms with Gasteiger partial charge >= 0.3 is 29.6 Å². The van der Waals surface area contributed by atoms with E-state index in [4.69, 9.17) is 0 Å². The minimum absolute atomic E-state index is 0. The molecule has 0 amide bonds. The Balaban J connectivity index is 0.00000256. The monoisotopic (exact) mass is 268 g/mol. The molecule has 0 saturated heterocycles. The number of alkyl halides is 2. The molecule has 0 N–H and O–H groups in total. The molecule has 1 aromatic carbocycles. The summed E-state index contributed by atoms with van der Waals surface area (Å²) in [5, 5.41) is 11.3. The summed E-state index contributed by atoms with van der Waals surface area (Å²) in [6.45, 7) is 2.54. The molecule has 0 fully saturated rings. The van der Waals surface area contributed by atoms with Gasteiger partial charge in [-0.05, 0) is 19.1 Å². The quantitative estimate of drug-likeness (QED) is 0.425. The van der Waals surface area contributed by atoms with E-state index in [1.807, 2.05) is 0 Å². The van der Waals surface area contributed by atoms with E-state index in [1.54, 1.807) is 6.07 Å². The van der Waals surface area contributed by atoms with Gasteiger partial charge in [0.1, 0.15) is 7.14 Å². The first-order valence-corrected chi connectivity index (χ1v) is 7.29. The van der Waals surface area contributed by atoms with Gasteiger partial charge in [-0.2, -0.15) is 8.78 Å².